The lowest BCUT2D eigenvalue weighted by molar-refractivity contribution is 0.0933. The Morgan fingerprint density at radius 1 is 1.36 bits per heavy atom. The summed E-state index contributed by atoms with van der Waals surface area (Å²) < 4.78 is 7.32. The van der Waals surface area contributed by atoms with Crippen LogP contribution in [0.4, 0.5) is 0 Å². The summed E-state index contributed by atoms with van der Waals surface area (Å²) in [6, 6.07) is 6.99. The molecule has 0 aliphatic heterocycles. The number of hydrogen-bond acceptors (Lipinski definition) is 4. The molecule has 6 heteroatoms. The van der Waals surface area contributed by atoms with Crippen LogP contribution in [-0.4, -0.2) is 27.3 Å². The van der Waals surface area contributed by atoms with E-state index in [1.165, 1.54) is 6.33 Å². The van der Waals surface area contributed by atoms with E-state index in [9.17, 15) is 4.79 Å². The van der Waals surface area contributed by atoms with E-state index >= 15 is 0 Å². The second kappa shape index (κ2) is 7.59. The third-order valence-electron chi connectivity index (χ3n) is 3.25. The van der Waals surface area contributed by atoms with Gasteiger partial charge in [0.1, 0.15) is 17.9 Å². The molecule has 0 spiro atoms. The van der Waals surface area contributed by atoms with Gasteiger partial charge in [0, 0.05) is 6.54 Å². The van der Waals surface area contributed by atoms with E-state index in [4.69, 9.17) is 4.74 Å². The second-order valence-electron chi connectivity index (χ2n) is 4.97. The average molecular weight is 302 g/mol. The number of nitrogens with zero attached hydrogens (tertiary/aromatic N) is 3. The van der Waals surface area contributed by atoms with E-state index in [1.54, 1.807) is 12.1 Å². The van der Waals surface area contributed by atoms with E-state index in [-0.39, 0.29) is 11.9 Å². The monoisotopic (exact) mass is 302 g/mol. The van der Waals surface area contributed by atoms with E-state index < -0.39 is 0 Å². The van der Waals surface area contributed by atoms with Crippen molar-refractivity contribution in [2.24, 2.45) is 0 Å². The number of ether oxygens (including phenoxy) is 1. The van der Waals surface area contributed by atoms with E-state index in [0.717, 1.165) is 18.8 Å². The molecular formula is C16H22N4O2. The molecule has 0 bridgehead atoms. The van der Waals surface area contributed by atoms with Crippen molar-refractivity contribution < 1.29 is 9.53 Å². The van der Waals surface area contributed by atoms with Gasteiger partial charge in [-0.1, -0.05) is 19.1 Å². The smallest absolute Gasteiger partial charge is 0.255 e. The molecule has 1 aromatic heterocycles. The van der Waals surface area contributed by atoms with Gasteiger partial charge in [0.2, 0.25) is 0 Å². The SMILES string of the molecule is CCCn1ncnc1[C@H](C)NC(=O)c1ccccc1OCC. The maximum Gasteiger partial charge on any atom is 0.255 e. The number of para-hydroxylation sites is 1. The van der Waals surface area contributed by atoms with Gasteiger partial charge >= 0.3 is 0 Å². The van der Waals surface area contributed by atoms with Crippen molar-refractivity contribution in [3.63, 3.8) is 0 Å². The first-order valence-corrected chi connectivity index (χ1v) is 7.57. The van der Waals surface area contributed by atoms with Crippen LogP contribution in [0.25, 0.3) is 0 Å². The van der Waals surface area contributed by atoms with Gasteiger partial charge in [-0.25, -0.2) is 9.67 Å². The highest BCUT2D eigenvalue weighted by Crippen LogP contribution is 2.19. The molecule has 6 nitrogen and oxygen atoms in total. The van der Waals surface area contributed by atoms with Crippen molar-refractivity contribution in [3.8, 4) is 5.75 Å². The molecule has 0 saturated carbocycles. The molecule has 0 aliphatic rings. The van der Waals surface area contributed by atoms with Gasteiger partial charge in [0.05, 0.1) is 18.2 Å². The van der Waals surface area contributed by atoms with Gasteiger partial charge in [-0.2, -0.15) is 5.10 Å². The molecule has 2 aromatic rings. The number of amides is 1. The zero-order valence-corrected chi connectivity index (χ0v) is 13.2. The Balaban J connectivity index is 2.13. The standard InChI is InChI=1S/C16H22N4O2/c1-4-10-20-15(17-11-18-20)12(3)19-16(21)13-8-6-7-9-14(13)22-5-2/h6-9,11-12H,4-5,10H2,1-3H3,(H,19,21)/t12-/m0/s1. The first-order valence-electron chi connectivity index (χ1n) is 7.57. The number of rotatable bonds is 7. The Morgan fingerprint density at radius 3 is 2.86 bits per heavy atom. The second-order valence-corrected chi connectivity index (χ2v) is 4.97. The van der Waals surface area contributed by atoms with Crippen LogP contribution >= 0.6 is 0 Å². The number of carbonyl (C=O) groups excluding carboxylic acids is 1. The maximum atomic E-state index is 12.5. The normalized spacial score (nSPS) is 12.0. The Bertz CT molecular complexity index is 624. The van der Waals surface area contributed by atoms with Crippen LogP contribution < -0.4 is 10.1 Å². The third-order valence-corrected chi connectivity index (χ3v) is 3.25. The summed E-state index contributed by atoms with van der Waals surface area (Å²) in [6.07, 6.45) is 2.48. The zero-order chi connectivity index (χ0) is 15.9. The van der Waals surface area contributed by atoms with Gasteiger partial charge in [-0.05, 0) is 32.4 Å². The quantitative estimate of drug-likeness (QED) is 0.853. The molecule has 0 saturated heterocycles. The fourth-order valence-electron chi connectivity index (χ4n) is 2.27. The molecule has 2 rings (SSSR count). The van der Waals surface area contributed by atoms with Crippen LogP contribution in [0, 0.1) is 0 Å². The van der Waals surface area contributed by atoms with Crippen molar-refractivity contribution in [3.05, 3.63) is 42.0 Å². The van der Waals surface area contributed by atoms with Crippen molar-refractivity contribution in [1.29, 1.82) is 0 Å². The molecule has 1 atom stereocenters. The molecule has 22 heavy (non-hydrogen) atoms. The highest BCUT2D eigenvalue weighted by atomic mass is 16.5. The molecule has 0 aliphatic carbocycles. The average Bonchev–Trinajstić information content (AvgIpc) is 2.97. The van der Waals surface area contributed by atoms with Gasteiger partial charge in [0.25, 0.3) is 5.91 Å². The summed E-state index contributed by atoms with van der Waals surface area (Å²) in [5, 5.41) is 7.14. The molecule has 0 fully saturated rings. The Labute approximate surface area is 130 Å². The van der Waals surface area contributed by atoms with Crippen LogP contribution in [0.5, 0.6) is 5.75 Å². The summed E-state index contributed by atoms with van der Waals surface area (Å²) in [5.74, 6) is 1.16. The summed E-state index contributed by atoms with van der Waals surface area (Å²) >= 11 is 0. The number of aryl methyl sites for hydroxylation is 1. The van der Waals surface area contributed by atoms with Crippen LogP contribution in [-0.2, 0) is 6.54 Å². The van der Waals surface area contributed by atoms with Crippen LogP contribution in [0.2, 0.25) is 0 Å². The minimum Gasteiger partial charge on any atom is -0.493 e. The third kappa shape index (κ3) is 3.63. The fourth-order valence-corrected chi connectivity index (χ4v) is 2.27. The van der Waals surface area contributed by atoms with Gasteiger partial charge in [-0.3, -0.25) is 4.79 Å². The summed E-state index contributed by atoms with van der Waals surface area (Å²) in [7, 11) is 0. The summed E-state index contributed by atoms with van der Waals surface area (Å²) in [5.41, 5.74) is 0.526. The summed E-state index contributed by atoms with van der Waals surface area (Å²) in [6.45, 7) is 7.17. The topological polar surface area (TPSA) is 69.0 Å². The van der Waals surface area contributed by atoms with E-state index in [1.807, 2.05) is 30.7 Å². The van der Waals surface area contributed by atoms with E-state index in [0.29, 0.717) is 17.9 Å². The molecule has 0 unspecified atom stereocenters. The molecular weight excluding hydrogens is 280 g/mol. The van der Waals surface area contributed by atoms with Crippen molar-refractivity contribution in [1.82, 2.24) is 20.1 Å². The fraction of sp³-hybridized carbons (Fsp3) is 0.438. The maximum absolute atomic E-state index is 12.5. The summed E-state index contributed by atoms with van der Waals surface area (Å²) in [4.78, 5) is 16.7. The predicted octanol–water partition coefficient (Wildman–Crippen LogP) is 2.58. The van der Waals surface area contributed by atoms with Gasteiger partial charge in [0.15, 0.2) is 0 Å². The molecule has 118 valence electrons. The predicted molar refractivity (Wildman–Crippen MR) is 83.8 cm³/mol. The number of hydrogen-bond donors (Lipinski definition) is 1. The van der Waals surface area contributed by atoms with Crippen LogP contribution in [0.15, 0.2) is 30.6 Å². The lowest BCUT2D eigenvalue weighted by Gasteiger charge is -2.16. The zero-order valence-electron chi connectivity index (χ0n) is 13.2. The number of aromatic nitrogens is 3. The lowest BCUT2D eigenvalue weighted by atomic mass is 10.1. The highest BCUT2D eigenvalue weighted by Gasteiger charge is 2.18. The van der Waals surface area contributed by atoms with Gasteiger partial charge < -0.3 is 10.1 Å². The Kier molecular flexibility index (Phi) is 5.52. The minimum atomic E-state index is -0.226. The molecule has 1 amide bonds. The largest absolute Gasteiger partial charge is 0.493 e. The molecule has 1 heterocycles. The molecule has 0 radical (unpaired) electrons. The Hall–Kier alpha value is -2.37. The first kappa shape index (κ1) is 16.0. The lowest BCUT2D eigenvalue weighted by Crippen LogP contribution is -2.29. The number of carbonyl (C=O) groups is 1. The minimum absolute atomic E-state index is 0.178. The Morgan fingerprint density at radius 2 is 2.14 bits per heavy atom. The molecule has 1 aromatic carbocycles. The van der Waals surface area contributed by atoms with Crippen molar-refractivity contribution >= 4 is 5.91 Å². The highest BCUT2D eigenvalue weighted by molar-refractivity contribution is 5.97. The van der Waals surface area contributed by atoms with E-state index in [2.05, 4.69) is 22.3 Å². The van der Waals surface area contributed by atoms with Gasteiger partial charge in [-0.15, -0.1) is 0 Å². The van der Waals surface area contributed by atoms with Crippen molar-refractivity contribution in [2.75, 3.05) is 6.61 Å². The van der Waals surface area contributed by atoms with Crippen LogP contribution in [0.1, 0.15) is 49.4 Å². The number of nitrogens with one attached hydrogen (secondary N) is 1. The van der Waals surface area contributed by atoms with Crippen LogP contribution in [0.3, 0.4) is 0 Å². The first-order chi connectivity index (χ1) is 10.7. The molecule has 1 N–H and O–H groups in total. The number of benzene rings is 1. The van der Waals surface area contributed by atoms with Crippen molar-refractivity contribution in [2.45, 2.75) is 39.8 Å².